The van der Waals surface area contributed by atoms with Gasteiger partial charge in [-0.15, -0.1) is 5.10 Å². The Labute approximate surface area is 198 Å². The van der Waals surface area contributed by atoms with Crippen LogP contribution in [0.4, 0.5) is 4.79 Å². The number of pyridine rings is 1. The highest BCUT2D eigenvalue weighted by atomic mass is 16.6. The van der Waals surface area contributed by atoms with Crippen molar-refractivity contribution < 1.29 is 24.2 Å². The van der Waals surface area contributed by atoms with E-state index in [1.54, 1.807) is 42.0 Å². The van der Waals surface area contributed by atoms with Gasteiger partial charge in [0.15, 0.2) is 0 Å². The van der Waals surface area contributed by atoms with Crippen LogP contribution in [-0.2, 0) is 23.2 Å². The van der Waals surface area contributed by atoms with Crippen LogP contribution in [0.25, 0.3) is 11.4 Å². The molecular formula is C24H31N5O5. The fraction of sp³-hybridized carbons (Fsp3) is 0.625. The monoisotopic (exact) mass is 469 g/mol. The zero-order valence-electron chi connectivity index (χ0n) is 19.6. The third kappa shape index (κ3) is 4.58. The van der Waals surface area contributed by atoms with Crippen LogP contribution < -0.4 is 4.74 Å². The number of hydrogen-bond donors (Lipinski definition) is 1. The number of aromatic nitrogens is 4. The Morgan fingerprint density at radius 1 is 1.26 bits per heavy atom. The van der Waals surface area contributed by atoms with E-state index >= 15 is 0 Å². The average molecular weight is 470 g/mol. The van der Waals surface area contributed by atoms with Crippen molar-refractivity contribution in [2.75, 3.05) is 7.05 Å². The standard InChI is InChI=1S/C24H31N5O5/c1-28(16-11-24(12-16)8-9-24)23(32)33-14-20-21(26-27-29(20)2)19-7-6-18(13-25-19)34-17-5-3-4-15(10-17)22(30)31/h6-7,13,15-17H,3-5,8-12,14H2,1-2H3,(H,30,31)/t15-,17-/m0/s1. The first kappa shape index (κ1) is 22.6. The lowest BCUT2D eigenvalue weighted by Crippen LogP contribution is -2.46. The van der Waals surface area contributed by atoms with Crippen LogP contribution >= 0.6 is 0 Å². The van der Waals surface area contributed by atoms with Crippen molar-refractivity contribution in [3.8, 4) is 17.1 Å². The summed E-state index contributed by atoms with van der Waals surface area (Å²) >= 11 is 0. The minimum atomic E-state index is -0.761. The largest absolute Gasteiger partial charge is 0.489 e. The van der Waals surface area contributed by atoms with Crippen molar-refractivity contribution in [1.82, 2.24) is 24.9 Å². The minimum Gasteiger partial charge on any atom is -0.489 e. The molecule has 2 heterocycles. The van der Waals surface area contributed by atoms with Crippen LogP contribution in [0.15, 0.2) is 18.3 Å². The number of rotatable bonds is 7. The molecule has 0 saturated heterocycles. The predicted octanol–water partition coefficient (Wildman–Crippen LogP) is 3.41. The molecule has 3 fully saturated rings. The molecule has 1 N–H and O–H groups in total. The highest BCUT2D eigenvalue weighted by molar-refractivity contribution is 5.70. The SMILES string of the molecule is CN(C(=O)OCc1c(-c2ccc(O[C@H]3CCC[C@H](C(=O)O)C3)cn2)nnn1C)C1CC2(CC2)C1. The van der Waals surface area contributed by atoms with Crippen LogP contribution in [0, 0.1) is 11.3 Å². The van der Waals surface area contributed by atoms with Gasteiger partial charge in [-0.2, -0.15) is 0 Å². The van der Waals surface area contributed by atoms with E-state index in [2.05, 4.69) is 15.3 Å². The Morgan fingerprint density at radius 3 is 2.74 bits per heavy atom. The van der Waals surface area contributed by atoms with Crippen LogP contribution in [0.5, 0.6) is 5.75 Å². The van der Waals surface area contributed by atoms with Gasteiger partial charge < -0.3 is 19.5 Å². The lowest BCUT2D eigenvalue weighted by molar-refractivity contribution is -0.143. The molecule has 10 heteroatoms. The third-order valence-electron chi connectivity index (χ3n) is 7.66. The molecule has 0 aliphatic heterocycles. The number of carboxylic acid groups (broad SMARTS) is 1. The maximum Gasteiger partial charge on any atom is 0.410 e. The Kier molecular flexibility index (Phi) is 5.91. The summed E-state index contributed by atoms with van der Waals surface area (Å²) in [5, 5.41) is 17.6. The molecule has 34 heavy (non-hydrogen) atoms. The van der Waals surface area contributed by atoms with Gasteiger partial charge in [0.25, 0.3) is 0 Å². The van der Waals surface area contributed by atoms with Crippen molar-refractivity contribution >= 4 is 12.1 Å². The van der Waals surface area contributed by atoms with E-state index in [1.165, 1.54) is 12.8 Å². The smallest absolute Gasteiger partial charge is 0.410 e. The minimum absolute atomic E-state index is 0.0540. The predicted molar refractivity (Wildman–Crippen MR) is 121 cm³/mol. The Bertz CT molecular complexity index is 1060. The zero-order chi connectivity index (χ0) is 23.9. The molecule has 2 aromatic heterocycles. The molecule has 1 amide bonds. The molecule has 0 unspecified atom stereocenters. The lowest BCUT2D eigenvalue weighted by Gasteiger charge is -2.41. The van der Waals surface area contributed by atoms with Gasteiger partial charge in [0.1, 0.15) is 23.7 Å². The highest BCUT2D eigenvalue weighted by Crippen LogP contribution is 2.61. The number of aliphatic carboxylic acids is 1. The molecule has 10 nitrogen and oxygen atoms in total. The van der Waals surface area contributed by atoms with Crippen LogP contribution in [-0.4, -0.2) is 61.2 Å². The third-order valence-corrected chi connectivity index (χ3v) is 7.66. The van der Waals surface area contributed by atoms with E-state index in [1.807, 2.05) is 0 Å². The molecule has 3 aliphatic rings. The summed E-state index contributed by atoms with van der Waals surface area (Å²) in [6.07, 6.45) is 8.76. The summed E-state index contributed by atoms with van der Waals surface area (Å²) < 4.78 is 13.1. The second-order valence-corrected chi connectivity index (χ2v) is 10.1. The number of carboxylic acids is 1. The normalized spacial score (nSPS) is 23.2. The Hall–Kier alpha value is -3.17. The van der Waals surface area contributed by atoms with Crippen LogP contribution in [0.3, 0.4) is 0 Å². The van der Waals surface area contributed by atoms with E-state index in [0.717, 1.165) is 25.7 Å². The van der Waals surface area contributed by atoms with Crippen molar-refractivity contribution in [1.29, 1.82) is 0 Å². The summed E-state index contributed by atoms with van der Waals surface area (Å²) in [6.45, 7) is 0.0540. The topological polar surface area (TPSA) is 120 Å². The van der Waals surface area contributed by atoms with Gasteiger partial charge in [0, 0.05) is 20.1 Å². The number of ether oxygens (including phenoxy) is 2. The molecule has 5 rings (SSSR count). The molecule has 3 saturated carbocycles. The first-order chi connectivity index (χ1) is 16.3. The van der Waals surface area contributed by atoms with E-state index in [0.29, 0.717) is 41.1 Å². The summed E-state index contributed by atoms with van der Waals surface area (Å²) in [5.41, 5.74) is 2.33. The van der Waals surface area contributed by atoms with Gasteiger partial charge in [-0.1, -0.05) is 5.21 Å². The van der Waals surface area contributed by atoms with Gasteiger partial charge in [-0.05, 0) is 68.9 Å². The molecule has 182 valence electrons. The van der Waals surface area contributed by atoms with Crippen LogP contribution in [0.2, 0.25) is 0 Å². The lowest BCUT2D eigenvalue weighted by atomic mass is 9.76. The zero-order valence-corrected chi connectivity index (χ0v) is 19.6. The fourth-order valence-electron chi connectivity index (χ4n) is 5.18. The summed E-state index contributed by atoms with van der Waals surface area (Å²) in [4.78, 5) is 30.0. The van der Waals surface area contributed by atoms with Gasteiger partial charge in [-0.3, -0.25) is 9.78 Å². The number of carbonyl (C=O) groups is 2. The number of carbonyl (C=O) groups excluding carboxylic acids is 1. The Balaban J connectivity index is 1.19. The number of nitrogens with zero attached hydrogens (tertiary/aromatic N) is 5. The summed E-state index contributed by atoms with van der Waals surface area (Å²) in [7, 11) is 3.56. The molecule has 2 aromatic rings. The maximum atomic E-state index is 12.5. The maximum absolute atomic E-state index is 12.5. The number of aryl methyl sites for hydroxylation is 1. The molecule has 1 spiro atoms. The van der Waals surface area contributed by atoms with Gasteiger partial charge >= 0.3 is 12.1 Å². The molecule has 2 atom stereocenters. The van der Waals surface area contributed by atoms with Crippen molar-refractivity contribution in [2.24, 2.45) is 18.4 Å². The van der Waals surface area contributed by atoms with Gasteiger partial charge in [0.05, 0.1) is 23.9 Å². The average Bonchev–Trinajstić information content (AvgIpc) is 3.54. The van der Waals surface area contributed by atoms with Gasteiger partial charge in [0.2, 0.25) is 0 Å². The summed E-state index contributed by atoms with van der Waals surface area (Å²) in [6, 6.07) is 3.86. The van der Waals surface area contributed by atoms with Crippen molar-refractivity contribution in [3.05, 3.63) is 24.0 Å². The fourth-order valence-corrected chi connectivity index (χ4v) is 5.18. The second-order valence-electron chi connectivity index (χ2n) is 10.1. The molecular weight excluding hydrogens is 438 g/mol. The van der Waals surface area contributed by atoms with Crippen LogP contribution in [0.1, 0.15) is 57.1 Å². The molecule has 0 bridgehead atoms. The summed E-state index contributed by atoms with van der Waals surface area (Å²) in [5.74, 6) is -0.524. The van der Waals surface area contributed by atoms with Crippen molar-refractivity contribution in [2.45, 2.75) is 70.1 Å². The van der Waals surface area contributed by atoms with E-state index < -0.39 is 5.97 Å². The van der Waals surface area contributed by atoms with Gasteiger partial charge in [-0.25, -0.2) is 9.48 Å². The van der Waals surface area contributed by atoms with Crippen molar-refractivity contribution in [3.63, 3.8) is 0 Å². The molecule has 3 aliphatic carbocycles. The first-order valence-corrected chi connectivity index (χ1v) is 12.0. The highest BCUT2D eigenvalue weighted by Gasteiger charge is 2.54. The van der Waals surface area contributed by atoms with E-state index in [-0.39, 0.29) is 30.8 Å². The number of hydrogen-bond acceptors (Lipinski definition) is 7. The van der Waals surface area contributed by atoms with E-state index in [4.69, 9.17) is 9.47 Å². The molecule has 0 radical (unpaired) electrons. The molecule has 0 aromatic carbocycles. The Morgan fingerprint density at radius 2 is 2.06 bits per heavy atom. The second kappa shape index (κ2) is 8.88. The first-order valence-electron chi connectivity index (χ1n) is 12.0. The van der Waals surface area contributed by atoms with E-state index in [9.17, 15) is 14.7 Å². The number of amides is 1. The quantitative estimate of drug-likeness (QED) is 0.655.